The van der Waals surface area contributed by atoms with Gasteiger partial charge in [0.25, 0.3) is 0 Å². The number of anilines is 3. The summed E-state index contributed by atoms with van der Waals surface area (Å²) in [6.45, 7) is 0.845. The Bertz CT molecular complexity index is 912. The lowest BCUT2D eigenvalue weighted by Gasteiger charge is -2.30. The summed E-state index contributed by atoms with van der Waals surface area (Å²) in [6.07, 6.45) is -4.04. The quantitative estimate of drug-likeness (QED) is 0.554. The number of ether oxygens (including phenoxy) is 1. The number of benzene rings is 1. The second kappa shape index (κ2) is 8.37. The molecule has 0 saturated carbocycles. The Kier molecular flexibility index (Phi) is 6.08. The van der Waals surface area contributed by atoms with Gasteiger partial charge in [-0.25, -0.2) is 9.37 Å². The molecule has 1 amide bonds. The molecule has 7 nitrogen and oxygen atoms in total. The maximum absolute atomic E-state index is 14.6. The summed E-state index contributed by atoms with van der Waals surface area (Å²) in [6, 6.07) is 2.40. The van der Waals surface area contributed by atoms with E-state index in [0.717, 1.165) is 6.07 Å². The minimum Gasteiger partial charge on any atom is -0.372 e. The lowest BCUT2D eigenvalue weighted by atomic mass is 10.1. The van der Waals surface area contributed by atoms with Crippen LogP contribution in [0.2, 0.25) is 5.02 Å². The zero-order chi connectivity index (χ0) is 21.2. The first-order valence-corrected chi connectivity index (χ1v) is 8.79. The van der Waals surface area contributed by atoms with Crippen LogP contribution in [0.25, 0.3) is 0 Å². The summed E-state index contributed by atoms with van der Waals surface area (Å²) >= 11 is 6.20. The molecule has 2 N–H and O–H groups in total. The third-order valence-corrected chi connectivity index (χ3v) is 4.57. The third kappa shape index (κ3) is 4.67. The maximum Gasteiger partial charge on any atom is 0.421 e. The average Bonchev–Trinajstić information content (AvgIpc) is 2.69. The van der Waals surface area contributed by atoms with Gasteiger partial charge >= 0.3 is 6.18 Å². The zero-order valence-corrected chi connectivity index (χ0v) is 15.8. The fourth-order valence-electron chi connectivity index (χ4n) is 2.82. The molecule has 0 spiro atoms. The Balaban J connectivity index is 1.85. The van der Waals surface area contributed by atoms with Gasteiger partial charge in [0.2, 0.25) is 12.4 Å². The molecule has 29 heavy (non-hydrogen) atoms. The van der Waals surface area contributed by atoms with Gasteiger partial charge in [0.1, 0.15) is 23.3 Å². The highest BCUT2D eigenvalue weighted by Gasteiger charge is 2.35. The van der Waals surface area contributed by atoms with E-state index in [4.69, 9.17) is 16.3 Å². The fourth-order valence-corrected chi connectivity index (χ4v) is 3.04. The van der Waals surface area contributed by atoms with E-state index in [1.165, 1.54) is 18.0 Å². The van der Waals surface area contributed by atoms with Crippen molar-refractivity contribution < 1.29 is 27.1 Å². The van der Waals surface area contributed by atoms with Crippen LogP contribution in [0.5, 0.6) is 0 Å². The van der Waals surface area contributed by atoms with Crippen LogP contribution in [0.15, 0.2) is 18.3 Å². The van der Waals surface area contributed by atoms with Crippen molar-refractivity contribution in [3.8, 4) is 0 Å². The molecule has 1 aromatic heterocycles. The Morgan fingerprint density at radius 3 is 2.79 bits per heavy atom. The molecule has 1 unspecified atom stereocenters. The molecule has 1 saturated heterocycles. The largest absolute Gasteiger partial charge is 0.421 e. The van der Waals surface area contributed by atoms with Crippen LogP contribution in [-0.4, -0.2) is 48.0 Å². The van der Waals surface area contributed by atoms with Crippen LogP contribution < -0.4 is 10.6 Å². The highest BCUT2D eigenvalue weighted by atomic mass is 35.5. The molecule has 1 aromatic carbocycles. The van der Waals surface area contributed by atoms with E-state index >= 15 is 0 Å². The van der Waals surface area contributed by atoms with Crippen LogP contribution in [0.3, 0.4) is 0 Å². The molecule has 2 aromatic rings. The lowest BCUT2D eigenvalue weighted by molar-refractivity contribution is -0.137. The number of aromatic nitrogens is 2. The van der Waals surface area contributed by atoms with Gasteiger partial charge in [-0.3, -0.25) is 4.79 Å². The Hall–Kier alpha value is -2.66. The number of rotatable bonds is 5. The van der Waals surface area contributed by atoms with Crippen LogP contribution in [0.1, 0.15) is 17.2 Å². The minimum atomic E-state index is -4.63. The number of morpholine rings is 1. The van der Waals surface area contributed by atoms with Crippen molar-refractivity contribution in [2.45, 2.75) is 12.3 Å². The first kappa shape index (κ1) is 21.1. The third-order valence-electron chi connectivity index (χ3n) is 4.26. The van der Waals surface area contributed by atoms with Crippen LogP contribution in [0, 0.1) is 5.82 Å². The SMILES string of the molecule is CNc1nc(Nc2cc(F)c(C3CN(C=O)CCO3)cc2Cl)ncc1C(F)(F)F. The molecule has 1 fully saturated rings. The summed E-state index contributed by atoms with van der Waals surface area (Å²) in [5.41, 5.74) is -0.804. The summed E-state index contributed by atoms with van der Waals surface area (Å²) in [5, 5.41) is 5.04. The summed E-state index contributed by atoms with van der Waals surface area (Å²) < 4.78 is 58.9. The van der Waals surface area contributed by atoms with Gasteiger partial charge in [-0.05, 0) is 12.1 Å². The minimum absolute atomic E-state index is 0.0674. The molecule has 0 aliphatic carbocycles. The van der Waals surface area contributed by atoms with E-state index in [-0.39, 0.29) is 35.4 Å². The van der Waals surface area contributed by atoms with Gasteiger partial charge in [-0.1, -0.05) is 11.6 Å². The molecule has 0 bridgehead atoms. The van der Waals surface area contributed by atoms with E-state index in [1.54, 1.807) is 0 Å². The Morgan fingerprint density at radius 2 is 2.14 bits per heavy atom. The molecule has 1 aliphatic heterocycles. The monoisotopic (exact) mass is 433 g/mol. The number of amides is 1. The Morgan fingerprint density at radius 1 is 1.38 bits per heavy atom. The molecule has 1 atom stereocenters. The highest BCUT2D eigenvalue weighted by molar-refractivity contribution is 6.33. The highest BCUT2D eigenvalue weighted by Crippen LogP contribution is 2.35. The average molecular weight is 434 g/mol. The first-order chi connectivity index (χ1) is 13.7. The van der Waals surface area contributed by atoms with Crippen molar-refractivity contribution in [3.63, 3.8) is 0 Å². The smallest absolute Gasteiger partial charge is 0.372 e. The van der Waals surface area contributed by atoms with Crippen LogP contribution >= 0.6 is 11.6 Å². The zero-order valence-electron chi connectivity index (χ0n) is 15.1. The number of alkyl halides is 3. The second-order valence-electron chi connectivity index (χ2n) is 6.14. The number of hydrogen-bond donors (Lipinski definition) is 2. The van der Waals surface area contributed by atoms with Crippen molar-refractivity contribution in [3.05, 3.63) is 40.3 Å². The van der Waals surface area contributed by atoms with Gasteiger partial charge in [0.15, 0.2) is 0 Å². The first-order valence-electron chi connectivity index (χ1n) is 8.41. The summed E-state index contributed by atoms with van der Waals surface area (Å²) in [4.78, 5) is 19.8. The van der Waals surface area contributed by atoms with E-state index in [0.29, 0.717) is 19.2 Å². The predicted octanol–water partition coefficient (Wildman–Crippen LogP) is 3.60. The molecule has 12 heteroatoms. The van der Waals surface area contributed by atoms with Crippen molar-refractivity contribution in [2.24, 2.45) is 0 Å². The number of carbonyl (C=O) groups excluding carboxylic acids is 1. The summed E-state index contributed by atoms with van der Waals surface area (Å²) in [5.74, 6) is -1.29. The van der Waals surface area contributed by atoms with Crippen LogP contribution in [-0.2, 0) is 15.7 Å². The van der Waals surface area contributed by atoms with E-state index < -0.39 is 29.5 Å². The summed E-state index contributed by atoms with van der Waals surface area (Å²) in [7, 11) is 1.29. The van der Waals surface area contributed by atoms with E-state index in [2.05, 4.69) is 20.6 Å². The number of nitrogens with one attached hydrogen (secondary N) is 2. The maximum atomic E-state index is 14.6. The predicted molar refractivity (Wildman–Crippen MR) is 97.6 cm³/mol. The molecule has 3 rings (SSSR count). The Labute approximate surface area is 168 Å². The standard InChI is InChI=1S/C17H16ClF4N5O2/c1-23-15-10(17(20,21)22)6-24-16(26-15)25-13-5-12(19)9(4-11(13)18)14-7-27(8-28)2-3-29-14/h4-6,8,14H,2-3,7H2,1H3,(H2,23,24,25,26). The fraction of sp³-hybridized carbons (Fsp3) is 0.353. The molecule has 1 aliphatic rings. The van der Waals surface area contributed by atoms with Gasteiger partial charge in [-0.15, -0.1) is 0 Å². The molecular weight excluding hydrogens is 418 g/mol. The van der Waals surface area contributed by atoms with Crippen molar-refractivity contribution in [1.82, 2.24) is 14.9 Å². The molecule has 156 valence electrons. The van der Waals surface area contributed by atoms with E-state index in [9.17, 15) is 22.4 Å². The van der Waals surface area contributed by atoms with Crippen molar-refractivity contribution in [2.75, 3.05) is 37.4 Å². The normalized spacial score (nSPS) is 17.2. The van der Waals surface area contributed by atoms with Gasteiger partial charge < -0.3 is 20.3 Å². The second-order valence-corrected chi connectivity index (χ2v) is 6.55. The van der Waals surface area contributed by atoms with Crippen molar-refractivity contribution in [1.29, 1.82) is 0 Å². The lowest BCUT2D eigenvalue weighted by Crippen LogP contribution is -2.37. The van der Waals surface area contributed by atoms with Crippen molar-refractivity contribution >= 4 is 35.5 Å². The number of nitrogens with zero attached hydrogens (tertiary/aromatic N) is 3. The van der Waals surface area contributed by atoms with Gasteiger partial charge in [-0.2, -0.15) is 18.2 Å². The van der Waals surface area contributed by atoms with E-state index in [1.807, 2.05) is 0 Å². The molecular formula is C17H16ClF4N5O2. The molecule has 2 heterocycles. The van der Waals surface area contributed by atoms with Gasteiger partial charge in [0, 0.05) is 25.4 Å². The number of halogens is 5. The number of carbonyl (C=O) groups is 1. The van der Waals surface area contributed by atoms with Crippen LogP contribution in [0.4, 0.5) is 35.0 Å². The topological polar surface area (TPSA) is 79.4 Å². The molecule has 0 radical (unpaired) electrons. The van der Waals surface area contributed by atoms with Gasteiger partial charge in [0.05, 0.1) is 23.9 Å². The number of hydrogen-bond acceptors (Lipinski definition) is 6.